The molecule has 2 N–H and O–H groups in total. The van der Waals surface area contributed by atoms with Gasteiger partial charge in [0.1, 0.15) is 0 Å². The molecule has 1 saturated carbocycles. The van der Waals surface area contributed by atoms with Gasteiger partial charge < -0.3 is 9.40 Å². The highest BCUT2D eigenvalue weighted by Crippen LogP contribution is 2.39. The zero-order valence-electron chi connectivity index (χ0n) is 9.34. The van der Waals surface area contributed by atoms with Crippen LogP contribution in [0.15, 0.2) is 27.5 Å². The summed E-state index contributed by atoms with van der Waals surface area (Å²) < 4.78 is 5.29. The molecule has 0 aliphatic heterocycles. The van der Waals surface area contributed by atoms with Crippen molar-refractivity contribution >= 4 is 11.9 Å². The van der Waals surface area contributed by atoms with Crippen LogP contribution in [0.2, 0.25) is 0 Å². The Labute approximate surface area is 101 Å². The lowest BCUT2D eigenvalue weighted by atomic mass is 10.2. The Morgan fingerprint density at radius 1 is 1.44 bits per heavy atom. The van der Waals surface area contributed by atoms with Crippen molar-refractivity contribution in [2.45, 2.75) is 18.8 Å². The van der Waals surface area contributed by atoms with Crippen LogP contribution in [-0.4, -0.2) is 21.1 Å². The quantitative estimate of drug-likeness (QED) is 0.837. The number of pyridine rings is 1. The van der Waals surface area contributed by atoms with Crippen molar-refractivity contribution in [2.24, 2.45) is 0 Å². The monoisotopic (exact) mass is 246 g/mol. The Hall–Kier alpha value is -2.44. The van der Waals surface area contributed by atoms with Crippen LogP contribution in [0.3, 0.4) is 0 Å². The van der Waals surface area contributed by atoms with Crippen molar-refractivity contribution < 1.29 is 9.21 Å². The predicted molar refractivity (Wildman–Crippen MR) is 61.3 cm³/mol. The number of aromatic amines is 1. The zero-order chi connectivity index (χ0) is 12.5. The maximum atomic E-state index is 11.8. The number of nitrogens with one attached hydrogen (secondary N) is 2. The number of carbonyl (C=O) groups is 1. The normalized spacial score (nSPS) is 14.4. The average Bonchev–Trinajstić information content (AvgIpc) is 3.11. The van der Waals surface area contributed by atoms with Crippen LogP contribution < -0.4 is 10.9 Å². The maximum absolute atomic E-state index is 11.8. The Morgan fingerprint density at radius 3 is 3.00 bits per heavy atom. The van der Waals surface area contributed by atoms with Crippen molar-refractivity contribution in [1.82, 2.24) is 15.2 Å². The number of rotatable bonds is 3. The number of hydrogen-bond acceptors (Lipinski definition) is 5. The van der Waals surface area contributed by atoms with Gasteiger partial charge in [0.2, 0.25) is 11.4 Å². The van der Waals surface area contributed by atoms with Gasteiger partial charge in [-0.25, -0.2) is 0 Å². The molecule has 7 nitrogen and oxygen atoms in total. The molecule has 2 aromatic heterocycles. The molecule has 0 spiro atoms. The molecular formula is C11H10N4O3. The second-order valence-corrected chi connectivity index (χ2v) is 4.12. The molecule has 2 aromatic rings. The molecule has 18 heavy (non-hydrogen) atoms. The average molecular weight is 246 g/mol. The smallest absolute Gasteiger partial charge is 0.322 e. The van der Waals surface area contributed by atoms with Gasteiger partial charge in [0.05, 0.1) is 0 Å². The molecule has 0 aromatic carbocycles. The van der Waals surface area contributed by atoms with Crippen LogP contribution in [0.1, 0.15) is 35.0 Å². The molecular weight excluding hydrogens is 236 g/mol. The molecule has 0 saturated heterocycles. The largest absolute Gasteiger partial charge is 0.408 e. The van der Waals surface area contributed by atoms with E-state index in [1.54, 1.807) is 0 Å². The minimum absolute atomic E-state index is 0.0576. The lowest BCUT2D eigenvalue weighted by Gasteiger charge is -1.98. The molecule has 0 bridgehead atoms. The highest BCUT2D eigenvalue weighted by molar-refractivity contribution is 6.02. The first-order valence-corrected chi connectivity index (χ1v) is 5.56. The minimum atomic E-state index is -0.452. The summed E-state index contributed by atoms with van der Waals surface area (Å²) in [6.07, 6.45) is 3.49. The Balaban J connectivity index is 1.75. The van der Waals surface area contributed by atoms with Gasteiger partial charge in [0.25, 0.3) is 5.91 Å². The first-order chi connectivity index (χ1) is 8.72. The predicted octanol–water partition coefficient (Wildman–Crippen LogP) is 0.888. The summed E-state index contributed by atoms with van der Waals surface area (Å²) in [7, 11) is 0. The molecule has 2 heterocycles. The van der Waals surface area contributed by atoms with Gasteiger partial charge >= 0.3 is 6.01 Å². The van der Waals surface area contributed by atoms with E-state index >= 15 is 0 Å². The molecule has 0 unspecified atom stereocenters. The number of amides is 1. The lowest BCUT2D eigenvalue weighted by Crippen LogP contribution is -2.15. The van der Waals surface area contributed by atoms with Gasteiger partial charge in [0, 0.05) is 23.7 Å². The number of anilines is 1. The third kappa shape index (κ3) is 2.15. The van der Waals surface area contributed by atoms with Gasteiger partial charge in [-0.3, -0.25) is 14.9 Å². The van der Waals surface area contributed by atoms with Crippen LogP contribution in [0.25, 0.3) is 0 Å². The summed E-state index contributed by atoms with van der Waals surface area (Å²) in [5, 5.41) is 10.0. The van der Waals surface area contributed by atoms with E-state index in [0.29, 0.717) is 11.8 Å². The van der Waals surface area contributed by atoms with Crippen LogP contribution in [0.4, 0.5) is 6.01 Å². The van der Waals surface area contributed by atoms with E-state index in [4.69, 9.17) is 4.42 Å². The van der Waals surface area contributed by atoms with E-state index in [1.165, 1.54) is 18.3 Å². The third-order valence-corrected chi connectivity index (χ3v) is 2.62. The molecule has 3 rings (SSSR count). The first kappa shape index (κ1) is 10.7. The summed E-state index contributed by atoms with van der Waals surface area (Å²) in [6, 6.07) is 2.75. The van der Waals surface area contributed by atoms with Crippen LogP contribution in [0.5, 0.6) is 0 Å². The SMILES string of the molecule is O=C(Nc1nnc(C2CC2)o1)c1cc[nH]c(=O)c1. The lowest BCUT2D eigenvalue weighted by molar-refractivity contribution is 0.102. The van der Waals surface area contributed by atoms with Crippen LogP contribution in [-0.2, 0) is 0 Å². The Bertz CT molecular complexity index is 641. The molecule has 92 valence electrons. The number of hydrogen-bond donors (Lipinski definition) is 2. The van der Waals surface area contributed by atoms with E-state index in [2.05, 4.69) is 20.5 Å². The van der Waals surface area contributed by atoms with E-state index < -0.39 is 5.91 Å². The fourth-order valence-corrected chi connectivity index (χ4v) is 1.54. The molecule has 1 fully saturated rings. The van der Waals surface area contributed by atoms with Gasteiger partial charge in [-0.05, 0) is 18.9 Å². The van der Waals surface area contributed by atoms with Crippen molar-refractivity contribution in [3.05, 3.63) is 40.1 Å². The van der Waals surface area contributed by atoms with Crippen molar-refractivity contribution in [1.29, 1.82) is 0 Å². The fourth-order valence-electron chi connectivity index (χ4n) is 1.54. The second-order valence-electron chi connectivity index (χ2n) is 4.12. The van der Waals surface area contributed by atoms with Crippen molar-refractivity contribution in [2.75, 3.05) is 5.32 Å². The first-order valence-electron chi connectivity index (χ1n) is 5.56. The van der Waals surface area contributed by atoms with Crippen LogP contribution in [0, 0.1) is 0 Å². The Morgan fingerprint density at radius 2 is 2.28 bits per heavy atom. The Kier molecular flexibility index (Phi) is 2.44. The summed E-state index contributed by atoms with van der Waals surface area (Å²) in [5.74, 6) is 0.436. The summed E-state index contributed by atoms with van der Waals surface area (Å²) in [4.78, 5) is 25.3. The number of nitrogens with zero attached hydrogens (tertiary/aromatic N) is 2. The van der Waals surface area contributed by atoms with E-state index in [0.717, 1.165) is 12.8 Å². The van der Waals surface area contributed by atoms with E-state index in [-0.39, 0.29) is 17.1 Å². The number of H-pyrrole nitrogens is 1. The van der Waals surface area contributed by atoms with Gasteiger partial charge in [-0.2, -0.15) is 0 Å². The highest BCUT2D eigenvalue weighted by Gasteiger charge is 2.29. The third-order valence-electron chi connectivity index (χ3n) is 2.62. The van der Waals surface area contributed by atoms with Crippen LogP contribution >= 0.6 is 0 Å². The maximum Gasteiger partial charge on any atom is 0.322 e. The zero-order valence-corrected chi connectivity index (χ0v) is 9.34. The fraction of sp³-hybridized carbons (Fsp3) is 0.273. The molecule has 0 radical (unpaired) electrons. The summed E-state index contributed by atoms with van der Waals surface area (Å²) >= 11 is 0. The molecule has 1 aliphatic rings. The van der Waals surface area contributed by atoms with Crippen molar-refractivity contribution in [3.63, 3.8) is 0 Å². The van der Waals surface area contributed by atoms with Crippen molar-refractivity contribution in [3.8, 4) is 0 Å². The molecule has 1 aliphatic carbocycles. The topological polar surface area (TPSA) is 101 Å². The number of carbonyl (C=O) groups excluding carboxylic acids is 1. The van der Waals surface area contributed by atoms with E-state index in [1.807, 2.05) is 0 Å². The highest BCUT2D eigenvalue weighted by atomic mass is 16.4. The van der Waals surface area contributed by atoms with Gasteiger partial charge in [-0.1, -0.05) is 5.10 Å². The molecule has 7 heteroatoms. The second kappa shape index (κ2) is 4.10. The van der Waals surface area contributed by atoms with E-state index in [9.17, 15) is 9.59 Å². The number of aromatic nitrogens is 3. The van der Waals surface area contributed by atoms with Gasteiger partial charge in [0.15, 0.2) is 0 Å². The van der Waals surface area contributed by atoms with Gasteiger partial charge in [-0.15, -0.1) is 5.10 Å². The molecule has 1 amide bonds. The standard InChI is InChI=1S/C11H10N4O3/c16-8-5-7(3-4-12-8)9(17)13-11-15-14-10(18-11)6-1-2-6/h3-6H,1-2H2,(H,12,16)(H,13,15,17). The summed E-state index contributed by atoms with van der Waals surface area (Å²) in [6.45, 7) is 0. The minimum Gasteiger partial charge on any atom is -0.408 e. The molecule has 0 atom stereocenters. The summed E-state index contributed by atoms with van der Waals surface area (Å²) in [5.41, 5.74) is -0.100.